The normalized spacial score (nSPS) is 20.3. The molecule has 1 saturated heterocycles. The molecule has 3 nitrogen and oxygen atoms in total. The van der Waals surface area contributed by atoms with Gasteiger partial charge in [-0.05, 0) is 24.7 Å². The first-order valence-corrected chi connectivity index (χ1v) is 7.82. The second-order valence-corrected chi connectivity index (χ2v) is 6.11. The van der Waals surface area contributed by atoms with Crippen molar-refractivity contribution in [2.75, 3.05) is 31.7 Å². The minimum atomic E-state index is -0.680. The van der Waals surface area contributed by atoms with Crippen LogP contribution in [-0.4, -0.2) is 42.6 Å². The molecule has 0 spiro atoms. The lowest BCUT2D eigenvalue weighted by molar-refractivity contribution is -0.155. The van der Waals surface area contributed by atoms with E-state index in [1.807, 2.05) is 49.0 Å². The van der Waals surface area contributed by atoms with Crippen LogP contribution in [0, 0.1) is 0 Å². The summed E-state index contributed by atoms with van der Waals surface area (Å²) in [7, 11) is 1.47. The summed E-state index contributed by atoms with van der Waals surface area (Å²) < 4.78 is 5.08. The Morgan fingerprint density at radius 3 is 2.68 bits per heavy atom. The van der Waals surface area contributed by atoms with Gasteiger partial charge in [-0.2, -0.15) is 11.8 Å². The topological polar surface area (TPSA) is 29.5 Å². The molecule has 19 heavy (non-hydrogen) atoms. The van der Waals surface area contributed by atoms with Crippen molar-refractivity contribution in [2.24, 2.45) is 0 Å². The van der Waals surface area contributed by atoms with E-state index >= 15 is 0 Å². The van der Waals surface area contributed by atoms with E-state index < -0.39 is 5.54 Å². The lowest BCUT2D eigenvalue weighted by atomic mass is 9.89. The van der Waals surface area contributed by atoms with Crippen LogP contribution in [-0.2, 0) is 15.1 Å². The molecule has 4 heteroatoms. The second kappa shape index (κ2) is 6.44. The van der Waals surface area contributed by atoms with E-state index in [2.05, 4.69) is 4.90 Å². The van der Waals surface area contributed by atoms with Gasteiger partial charge in [0.15, 0.2) is 0 Å². The highest BCUT2D eigenvalue weighted by Gasteiger charge is 2.42. The largest absolute Gasteiger partial charge is 0.467 e. The van der Waals surface area contributed by atoms with Gasteiger partial charge in [0.05, 0.1) is 7.11 Å². The smallest absolute Gasteiger partial charge is 0.330 e. The van der Waals surface area contributed by atoms with Crippen molar-refractivity contribution in [1.29, 1.82) is 0 Å². The molecule has 0 aliphatic carbocycles. The summed E-state index contributed by atoms with van der Waals surface area (Å²) in [5, 5.41) is 0. The van der Waals surface area contributed by atoms with Crippen molar-refractivity contribution in [2.45, 2.75) is 18.9 Å². The molecule has 0 N–H and O–H groups in total. The third-order valence-corrected chi connectivity index (χ3v) is 4.82. The number of carbonyl (C=O) groups excluding carboxylic acids is 1. The van der Waals surface area contributed by atoms with Gasteiger partial charge in [0, 0.05) is 18.8 Å². The summed E-state index contributed by atoms with van der Waals surface area (Å²) in [6, 6.07) is 9.94. The van der Waals surface area contributed by atoms with Crippen LogP contribution in [0.15, 0.2) is 30.3 Å². The molecule has 0 bridgehead atoms. The minimum absolute atomic E-state index is 0.175. The highest BCUT2D eigenvalue weighted by atomic mass is 32.2. The maximum atomic E-state index is 12.4. The van der Waals surface area contributed by atoms with Crippen LogP contribution in [0.2, 0.25) is 0 Å². The van der Waals surface area contributed by atoms with Gasteiger partial charge in [-0.25, -0.2) is 4.79 Å². The van der Waals surface area contributed by atoms with Gasteiger partial charge in [0.2, 0.25) is 0 Å². The van der Waals surface area contributed by atoms with Crippen molar-refractivity contribution in [3.05, 3.63) is 35.9 Å². The van der Waals surface area contributed by atoms with Gasteiger partial charge in [0.25, 0.3) is 0 Å². The first-order valence-electron chi connectivity index (χ1n) is 6.66. The fraction of sp³-hybridized carbons (Fsp3) is 0.533. The quantitative estimate of drug-likeness (QED) is 0.795. The number of hydrogen-bond acceptors (Lipinski definition) is 4. The number of benzene rings is 1. The Kier molecular flexibility index (Phi) is 4.88. The number of thioether (sulfide) groups is 1. The number of methoxy groups -OCH3 is 1. The average Bonchev–Trinajstić information content (AvgIpc) is 2.76. The van der Waals surface area contributed by atoms with E-state index in [0.29, 0.717) is 0 Å². The molecular weight excluding hydrogens is 258 g/mol. The predicted octanol–water partition coefficient (Wildman–Crippen LogP) is 2.51. The highest BCUT2D eigenvalue weighted by Crippen LogP contribution is 2.31. The van der Waals surface area contributed by atoms with Crippen LogP contribution in [0.4, 0.5) is 0 Å². The SMILES string of the molecule is COC(=O)C(C)(c1ccccc1)N1CCCSCC1. The van der Waals surface area contributed by atoms with Gasteiger partial charge < -0.3 is 4.74 Å². The number of nitrogens with zero attached hydrogens (tertiary/aromatic N) is 1. The predicted molar refractivity (Wildman–Crippen MR) is 79.3 cm³/mol. The molecule has 0 amide bonds. The molecule has 2 rings (SSSR count). The maximum Gasteiger partial charge on any atom is 0.330 e. The van der Waals surface area contributed by atoms with Gasteiger partial charge in [-0.1, -0.05) is 30.3 Å². The minimum Gasteiger partial charge on any atom is -0.467 e. The summed E-state index contributed by atoms with van der Waals surface area (Å²) in [6.45, 7) is 3.84. The molecule has 1 atom stereocenters. The molecule has 1 unspecified atom stereocenters. The molecule has 0 radical (unpaired) electrons. The summed E-state index contributed by atoms with van der Waals surface area (Å²) in [5.74, 6) is 2.06. The van der Waals surface area contributed by atoms with E-state index in [0.717, 1.165) is 30.8 Å². The Hall–Kier alpha value is -1.00. The average molecular weight is 279 g/mol. The van der Waals surface area contributed by atoms with Gasteiger partial charge in [0.1, 0.15) is 5.54 Å². The molecule has 0 saturated carbocycles. The zero-order valence-corrected chi connectivity index (χ0v) is 12.4. The molecule has 1 aromatic carbocycles. The zero-order chi connectivity index (χ0) is 13.7. The Bertz CT molecular complexity index is 415. The molecular formula is C15H21NO2S. The zero-order valence-electron chi connectivity index (χ0n) is 11.6. The van der Waals surface area contributed by atoms with Crippen molar-refractivity contribution >= 4 is 17.7 Å². The Labute approximate surface area is 119 Å². The summed E-state index contributed by atoms with van der Waals surface area (Å²) in [6.07, 6.45) is 1.12. The monoisotopic (exact) mass is 279 g/mol. The standard InChI is InChI=1S/C15H21NO2S/c1-15(14(17)18-2,13-7-4-3-5-8-13)16-9-6-11-19-12-10-16/h3-5,7-8H,6,9-12H2,1-2H3. The van der Waals surface area contributed by atoms with Crippen LogP contribution in [0.1, 0.15) is 18.9 Å². The van der Waals surface area contributed by atoms with Crippen molar-refractivity contribution < 1.29 is 9.53 Å². The van der Waals surface area contributed by atoms with E-state index in [1.54, 1.807) is 0 Å². The van der Waals surface area contributed by atoms with Crippen LogP contribution in [0.25, 0.3) is 0 Å². The van der Waals surface area contributed by atoms with Crippen LogP contribution in [0.3, 0.4) is 0 Å². The Morgan fingerprint density at radius 1 is 1.26 bits per heavy atom. The van der Waals surface area contributed by atoms with Crippen molar-refractivity contribution in [3.63, 3.8) is 0 Å². The van der Waals surface area contributed by atoms with E-state index in [1.165, 1.54) is 12.9 Å². The number of ether oxygens (including phenoxy) is 1. The molecule has 1 heterocycles. The van der Waals surface area contributed by atoms with Crippen LogP contribution < -0.4 is 0 Å². The van der Waals surface area contributed by atoms with Crippen molar-refractivity contribution in [3.8, 4) is 0 Å². The first kappa shape index (κ1) is 14.4. The fourth-order valence-corrected chi connectivity index (χ4v) is 3.47. The Balaban J connectivity index is 2.36. The maximum absolute atomic E-state index is 12.4. The number of esters is 1. The van der Waals surface area contributed by atoms with Crippen molar-refractivity contribution in [1.82, 2.24) is 4.90 Å². The van der Waals surface area contributed by atoms with E-state index in [9.17, 15) is 4.79 Å². The van der Waals surface area contributed by atoms with Crippen LogP contribution >= 0.6 is 11.8 Å². The fourth-order valence-electron chi connectivity index (χ4n) is 2.58. The molecule has 1 fully saturated rings. The third-order valence-electron chi connectivity index (χ3n) is 3.77. The highest BCUT2D eigenvalue weighted by molar-refractivity contribution is 7.99. The van der Waals surface area contributed by atoms with Gasteiger partial charge >= 0.3 is 5.97 Å². The summed E-state index contributed by atoms with van der Waals surface area (Å²) in [5.41, 5.74) is 0.328. The summed E-state index contributed by atoms with van der Waals surface area (Å²) in [4.78, 5) is 14.6. The van der Waals surface area contributed by atoms with E-state index in [4.69, 9.17) is 4.74 Å². The molecule has 1 aliphatic rings. The van der Waals surface area contributed by atoms with E-state index in [-0.39, 0.29) is 5.97 Å². The first-order chi connectivity index (χ1) is 9.19. The van der Waals surface area contributed by atoms with Crippen LogP contribution in [0.5, 0.6) is 0 Å². The Morgan fingerprint density at radius 2 is 2.00 bits per heavy atom. The lowest BCUT2D eigenvalue weighted by Crippen LogP contribution is -2.51. The number of hydrogen-bond donors (Lipinski definition) is 0. The molecule has 1 aliphatic heterocycles. The lowest BCUT2D eigenvalue weighted by Gasteiger charge is -2.38. The molecule has 1 aromatic rings. The molecule has 0 aromatic heterocycles. The molecule has 104 valence electrons. The van der Waals surface area contributed by atoms with Gasteiger partial charge in [-0.15, -0.1) is 0 Å². The number of carbonyl (C=O) groups is 1. The second-order valence-electron chi connectivity index (χ2n) is 4.88. The van der Waals surface area contributed by atoms with Gasteiger partial charge in [-0.3, -0.25) is 4.90 Å². The third kappa shape index (κ3) is 2.95. The number of rotatable bonds is 3. The summed E-state index contributed by atoms with van der Waals surface area (Å²) >= 11 is 1.96.